The first-order chi connectivity index (χ1) is 9.63. The second-order valence-electron chi connectivity index (χ2n) is 4.58. The largest absolute Gasteiger partial charge is 0.373 e. The van der Waals surface area contributed by atoms with Gasteiger partial charge in [0.1, 0.15) is 5.82 Å². The van der Waals surface area contributed by atoms with E-state index in [2.05, 4.69) is 10.3 Å². The van der Waals surface area contributed by atoms with E-state index in [1.54, 1.807) is 13.1 Å². The molecule has 1 aromatic heterocycles. The van der Waals surface area contributed by atoms with Crippen LogP contribution in [-0.2, 0) is 16.4 Å². The van der Waals surface area contributed by atoms with E-state index in [9.17, 15) is 8.42 Å². The SMILES string of the molecule is CNc1cc(S(=O)(=O)N2CCc3ccccc32)ccn1. The van der Waals surface area contributed by atoms with Crippen molar-refractivity contribution in [2.45, 2.75) is 11.3 Å². The van der Waals surface area contributed by atoms with E-state index in [0.717, 1.165) is 17.7 Å². The first-order valence-corrected chi connectivity index (χ1v) is 7.81. The Labute approximate surface area is 118 Å². The summed E-state index contributed by atoms with van der Waals surface area (Å²) < 4.78 is 26.9. The van der Waals surface area contributed by atoms with Gasteiger partial charge in [-0.15, -0.1) is 0 Å². The highest BCUT2D eigenvalue weighted by Gasteiger charge is 2.30. The number of anilines is 2. The summed E-state index contributed by atoms with van der Waals surface area (Å²) in [6.45, 7) is 0.485. The molecule has 1 N–H and O–H groups in total. The molecule has 0 fully saturated rings. The van der Waals surface area contributed by atoms with Crippen LogP contribution in [0.3, 0.4) is 0 Å². The molecule has 0 amide bonds. The predicted molar refractivity (Wildman–Crippen MR) is 78.5 cm³/mol. The van der Waals surface area contributed by atoms with Gasteiger partial charge in [-0.05, 0) is 24.1 Å². The standard InChI is InChI=1S/C14H15N3O2S/c1-15-14-10-12(6-8-16-14)20(18,19)17-9-7-11-4-2-3-5-13(11)17/h2-6,8,10H,7,9H2,1H3,(H,15,16). The maximum atomic E-state index is 12.7. The second-order valence-corrected chi connectivity index (χ2v) is 6.44. The molecule has 0 atom stereocenters. The van der Waals surface area contributed by atoms with Crippen LogP contribution in [0.2, 0.25) is 0 Å². The van der Waals surface area contributed by atoms with Gasteiger partial charge >= 0.3 is 0 Å². The zero-order valence-corrected chi connectivity index (χ0v) is 11.9. The summed E-state index contributed by atoms with van der Waals surface area (Å²) in [4.78, 5) is 4.31. The Morgan fingerprint density at radius 2 is 2.05 bits per heavy atom. The summed E-state index contributed by atoms with van der Waals surface area (Å²) in [6, 6.07) is 10.7. The van der Waals surface area contributed by atoms with Crippen LogP contribution in [0, 0.1) is 0 Å². The van der Waals surface area contributed by atoms with Gasteiger partial charge in [-0.3, -0.25) is 4.31 Å². The van der Waals surface area contributed by atoms with Crippen LogP contribution in [0.5, 0.6) is 0 Å². The average Bonchev–Trinajstić information content (AvgIpc) is 2.92. The second kappa shape index (κ2) is 4.79. The molecule has 2 heterocycles. The first kappa shape index (κ1) is 12.9. The molecule has 0 aliphatic carbocycles. The van der Waals surface area contributed by atoms with Crippen LogP contribution < -0.4 is 9.62 Å². The number of benzene rings is 1. The smallest absolute Gasteiger partial charge is 0.264 e. The van der Waals surface area contributed by atoms with Crippen molar-refractivity contribution in [1.82, 2.24) is 4.98 Å². The van der Waals surface area contributed by atoms with E-state index in [0.29, 0.717) is 12.4 Å². The lowest BCUT2D eigenvalue weighted by Crippen LogP contribution is -2.29. The quantitative estimate of drug-likeness (QED) is 0.937. The van der Waals surface area contributed by atoms with Crippen molar-refractivity contribution in [3.63, 3.8) is 0 Å². The van der Waals surface area contributed by atoms with Crippen LogP contribution in [0.1, 0.15) is 5.56 Å². The lowest BCUT2D eigenvalue weighted by molar-refractivity contribution is 0.592. The molecular weight excluding hydrogens is 274 g/mol. The Bertz CT molecular complexity index is 744. The highest BCUT2D eigenvalue weighted by Crippen LogP contribution is 2.32. The number of aromatic nitrogens is 1. The molecule has 0 radical (unpaired) electrons. The Morgan fingerprint density at radius 3 is 2.85 bits per heavy atom. The third kappa shape index (κ3) is 2.02. The predicted octanol–water partition coefficient (Wildman–Crippen LogP) is 1.87. The van der Waals surface area contributed by atoms with Gasteiger partial charge in [0.15, 0.2) is 0 Å². The van der Waals surface area contributed by atoms with Crippen molar-refractivity contribution < 1.29 is 8.42 Å². The Balaban J connectivity index is 2.05. The van der Waals surface area contributed by atoms with Crippen molar-refractivity contribution in [3.8, 4) is 0 Å². The van der Waals surface area contributed by atoms with E-state index >= 15 is 0 Å². The van der Waals surface area contributed by atoms with Crippen molar-refractivity contribution in [1.29, 1.82) is 0 Å². The third-order valence-corrected chi connectivity index (χ3v) is 5.23. The Morgan fingerprint density at radius 1 is 1.25 bits per heavy atom. The van der Waals surface area contributed by atoms with E-state index in [1.807, 2.05) is 24.3 Å². The number of fused-ring (bicyclic) bond motifs is 1. The zero-order valence-electron chi connectivity index (χ0n) is 11.1. The van der Waals surface area contributed by atoms with E-state index in [4.69, 9.17) is 0 Å². The molecule has 0 saturated heterocycles. The van der Waals surface area contributed by atoms with Gasteiger partial charge in [0.05, 0.1) is 10.6 Å². The van der Waals surface area contributed by atoms with Gasteiger partial charge in [0.2, 0.25) is 0 Å². The molecule has 20 heavy (non-hydrogen) atoms. The fourth-order valence-electron chi connectivity index (χ4n) is 2.39. The highest BCUT2D eigenvalue weighted by atomic mass is 32.2. The normalized spacial score (nSPS) is 14.2. The molecule has 5 nitrogen and oxygen atoms in total. The molecule has 0 bridgehead atoms. The molecule has 1 aliphatic heterocycles. The zero-order chi connectivity index (χ0) is 14.2. The number of para-hydroxylation sites is 1. The summed E-state index contributed by atoms with van der Waals surface area (Å²) in [5, 5.41) is 2.86. The van der Waals surface area contributed by atoms with Crippen molar-refractivity contribution in [3.05, 3.63) is 48.2 Å². The summed E-state index contributed by atoms with van der Waals surface area (Å²) >= 11 is 0. The highest BCUT2D eigenvalue weighted by molar-refractivity contribution is 7.92. The van der Waals surface area contributed by atoms with Crippen molar-refractivity contribution in [2.24, 2.45) is 0 Å². The molecule has 104 valence electrons. The van der Waals surface area contributed by atoms with Crippen LogP contribution in [0.15, 0.2) is 47.5 Å². The lowest BCUT2D eigenvalue weighted by atomic mass is 10.2. The monoisotopic (exact) mass is 289 g/mol. The maximum absolute atomic E-state index is 12.7. The number of nitrogens with one attached hydrogen (secondary N) is 1. The molecule has 0 unspecified atom stereocenters. The fourth-order valence-corrected chi connectivity index (χ4v) is 3.91. The molecule has 0 spiro atoms. The van der Waals surface area contributed by atoms with E-state index < -0.39 is 10.0 Å². The van der Waals surface area contributed by atoms with Gasteiger partial charge < -0.3 is 5.32 Å². The van der Waals surface area contributed by atoms with Gasteiger partial charge in [-0.2, -0.15) is 0 Å². The molecule has 6 heteroatoms. The third-order valence-electron chi connectivity index (χ3n) is 3.42. The Hall–Kier alpha value is -2.08. The molecule has 1 aromatic carbocycles. The summed E-state index contributed by atoms with van der Waals surface area (Å²) in [5.74, 6) is 0.540. The van der Waals surface area contributed by atoms with Crippen LogP contribution in [0.4, 0.5) is 11.5 Å². The van der Waals surface area contributed by atoms with E-state index in [-0.39, 0.29) is 4.90 Å². The van der Waals surface area contributed by atoms with Crippen LogP contribution >= 0.6 is 0 Å². The van der Waals surface area contributed by atoms with Crippen molar-refractivity contribution in [2.75, 3.05) is 23.2 Å². The average molecular weight is 289 g/mol. The first-order valence-electron chi connectivity index (χ1n) is 6.37. The van der Waals surface area contributed by atoms with Gasteiger partial charge in [-0.25, -0.2) is 13.4 Å². The number of hydrogen-bond acceptors (Lipinski definition) is 4. The molecular formula is C14H15N3O2S. The maximum Gasteiger partial charge on any atom is 0.264 e. The molecule has 0 saturated carbocycles. The summed E-state index contributed by atoms with van der Waals surface area (Å²) in [7, 11) is -1.82. The topological polar surface area (TPSA) is 62.3 Å². The number of rotatable bonds is 3. The number of hydrogen-bond donors (Lipinski definition) is 1. The number of sulfonamides is 1. The molecule has 2 aromatic rings. The number of pyridine rings is 1. The molecule has 1 aliphatic rings. The van der Waals surface area contributed by atoms with E-state index in [1.165, 1.54) is 16.6 Å². The van der Waals surface area contributed by atoms with Crippen LogP contribution in [-0.4, -0.2) is 27.0 Å². The summed E-state index contributed by atoms with van der Waals surface area (Å²) in [6.07, 6.45) is 2.25. The Kier molecular flexibility index (Phi) is 3.10. The van der Waals surface area contributed by atoms with Gasteiger partial charge in [-0.1, -0.05) is 18.2 Å². The lowest BCUT2D eigenvalue weighted by Gasteiger charge is -2.19. The summed E-state index contributed by atoms with van der Waals surface area (Å²) in [5.41, 5.74) is 1.84. The minimum atomic E-state index is -3.53. The van der Waals surface area contributed by atoms with Gasteiger partial charge in [0, 0.05) is 25.9 Å². The minimum Gasteiger partial charge on any atom is -0.373 e. The van der Waals surface area contributed by atoms with Crippen LogP contribution in [0.25, 0.3) is 0 Å². The fraction of sp³-hybridized carbons (Fsp3) is 0.214. The molecule has 3 rings (SSSR count). The van der Waals surface area contributed by atoms with Crippen molar-refractivity contribution >= 4 is 21.5 Å². The minimum absolute atomic E-state index is 0.258. The van der Waals surface area contributed by atoms with Gasteiger partial charge in [0.25, 0.3) is 10.0 Å². The number of nitrogens with zero attached hydrogens (tertiary/aromatic N) is 2.